The number of nitrogens with one attached hydrogen (secondary N) is 1. The van der Waals surface area contributed by atoms with Crippen LogP contribution in [0, 0.1) is 11.6 Å². The summed E-state index contributed by atoms with van der Waals surface area (Å²) >= 11 is 0. The van der Waals surface area contributed by atoms with Crippen molar-refractivity contribution in [3.63, 3.8) is 0 Å². The van der Waals surface area contributed by atoms with E-state index in [2.05, 4.69) is 10.3 Å². The van der Waals surface area contributed by atoms with E-state index in [-0.39, 0.29) is 12.3 Å². The lowest BCUT2D eigenvalue weighted by molar-refractivity contribution is 0.0937. The van der Waals surface area contributed by atoms with Crippen molar-refractivity contribution < 1.29 is 18.3 Å². The maximum absolute atomic E-state index is 13.9. The smallest absolute Gasteiger partial charge is 0.257 e. The number of aromatic nitrogens is 1. The summed E-state index contributed by atoms with van der Waals surface area (Å²) in [7, 11) is 1.30. The molecule has 0 aliphatic rings. The monoisotopic (exact) mass is 320 g/mol. The molecule has 0 aliphatic heterocycles. The lowest BCUT2D eigenvalue weighted by atomic mass is 9.85. The first kappa shape index (κ1) is 16.9. The Bertz CT molecular complexity index is 680. The van der Waals surface area contributed by atoms with Crippen LogP contribution in [-0.2, 0) is 5.41 Å². The van der Waals surface area contributed by atoms with Crippen molar-refractivity contribution in [1.29, 1.82) is 0 Å². The summed E-state index contributed by atoms with van der Waals surface area (Å²) in [6.45, 7) is 4.03. The molecule has 1 amide bonds. The fourth-order valence-electron chi connectivity index (χ4n) is 2.14. The molecule has 23 heavy (non-hydrogen) atoms. The zero-order chi connectivity index (χ0) is 17.0. The highest BCUT2D eigenvalue weighted by Gasteiger charge is 2.24. The van der Waals surface area contributed by atoms with Crippen LogP contribution in [0.2, 0.25) is 0 Å². The zero-order valence-corrected chi connectivity index (χ0v) is 13.2. The van der Waals surface area contributed by atoms with Gasteiger partial charge in [-0.25, -0.2) is 8.78 Å². The third kappa shape index (κ3) is 3.83. The number of amides is 1. The quantitative estimate of drug-likeness (QED) is 0.921. The van der Waals surface area contributed by atoms with E-state index in [1.165, 1.54) is 7.11 Å². The number of carbonyl (C=O) groups is 1. The van der Waals surface area contributed by atoms with Gasteiger partial charge in [-0.3, -0.25) is 9.78 Å². The number of halogens is 2. The summed E-state index contributed by atoms with van der Waals surface area (Å²) in [5.41, 5.74) is -0.132. The van der Waals surface area contributed by atoms with Crippen molar-refractivity contribution >= 4 is 5.91 Å². The second kappa shape index (κ2) is 6.73. The van der Waals surface area contributed by atoms with E-state index in [0.29, 0.717) is 0 Å². The number of nitrogens with zero attached hydrogens (tertiary/aromatic N) is 1. The fraction of sp³-hybridized carbons (Fsp3) is 0.294. The molecule has 6 heteroatoms. The van der Waals surface area contributed by atoms with Crippen molar-refractivity contribution in [3.8, 4) is 5.75 Å². The standard InChI is InChI=1S/C17H18F2N2O2/c1-17(2,11-5-4-6-20-9-11)10-21-16(22)15-13(18)7-12(23-3)8-14(15)19/h4-9H,10H2,1-3H3,(H,21,22). The van der Waals surface area contributed by atoms with Gasteiger partial charge in [-0.2, -0.15) is 0 Å². The number of hydrogen-bond acceptors (Lipinski definition) is 3. The normalized spacial score (nSPS) is 11.2. The third-order valence-corrected chi connectivity index (χ3v) is 3.61. The molecule has 122 valence electrons. The molecule has 0 unspecified atom stereocenters. The molecule has 4 nitrogen and oxygen atoms in total. The van der Waals surface area contributed by atoms with Crippen LogP contribution in [0.3, 0.4) is 0 Å². The number of ether oxygens (including phenoxy) is 1. The first-order valence-corrected chi connectivity index (χ1v) is 7.07. The average Bonchev–Trinajstić information content (AvgIpc) is 2.53. The number of benzene rings is 1. The molecule has 0 fully saturated rings. The molecule has 0 bridgehead atoms. The maximum Gasteiger partial charge on any atom is 0.257 e. The summed E-state index contributed by atoms with van der Waals surface area (Å²) in [5, 5.41) is 2.57. The minimum Gasteiger partial charge on any atom is -0.497 e. The van der Waals surface area contributed by atoms with Crippen LogP contribution < -0.4 is 10.1 Å². The lowest BCUT2D eigenvalue weighted by Gasteiger charge is -2.25. The Labute approximate surface area is 133 Å². The van der Waals surface area contributed by atoms with Crippen molar-refractivity contribution in [2.75, 3.05) is 13.7 Å². The van der Waals surface area contributed by atoms with Crippen LogP contribution in [0.15, 0.2) is 36.7 Å². The topological polar surface area (TPSA) is 51.2 Å². The highest BCUT2D eigenvalue weighted by Crippen LogP contribution is 2.23. The van der Waals surface area contributed by atoms with Gasteiger partial charge in [-0.15, -0.1) is 0 Å². The van der Waals surface area contributed by atoms with Gasteiger partial charge in [-0.1, -0.05) is 19.9 Å². The summed E-state index contributed by atoms with van der Waals surface area (Å²) in [6.07, 6.45) is 3.35. The summed E-state index contributed by atoms with van der Waals surface area (Å²) in [5.74, 6) is -2.70. The molecule has 0 saturated heterocycles. The number of methoxy groups -OCH3 is 1. The van der Waals surface area contributed by atoms with Crippen LogP contribution in [-0.4, -0.2) is 24.5 Å². The molecular formula is C17H18F2N2O2. The van der Waals surface area contributed by atoms with Crippen LogP contribution in [0.4, 0.5) is 8.78 Å². The van der Waals surface area contributed by atoms with Crippen LogP contribution in [0.25, 0.3) is 0 Å². The third-order valence-electron chi connectivity index (χ3n) is 3.61. The SMILES string of the molecule is COc1cc(F)c(C(=O)NCC(C)(C)c2cccnc2)c(F)c1. The molecule has 2 aromatic rings. The summed E-state index contributed by atoms with van der Waals surface area (Å²) in [6, 6.07) is 5.63. The molecule has 0 spiro atoms. The van der Waals surface area contributed by atoms with Crippen LogP contribution in [0.5, 0.6) is 5.75 Å². The van der Waals surface area contributed by atoms with Gasteiger partial charge in [-0.05, 0) is 11.6 Å². The van der Waals surface area contributed by atoms with Crippen LogP contribution in [0.1, 0.15) is 29.8 Å². The van der Waals surface area contributed by atoms with E-state index in [1.54, 1.807) is 18.5 Å². The molecule has 1 aromatic heterocycles. The molecule has 0 saturated carbocycles. The van der Waals surface area contributed by atoms with Gasteiger partial charge in [0.05, 0.1) is 7.11 Å². The van der Waals surface area contributed by atoms with Crippen molar-refractivity contribution in [2.24, 2.45) is 0 Å². The van der Waals surface area contributed by atoms with Gasteiger partial charge in [0.1, 0.15) is 22.9 Å². The van der Waals surface area contributed by atoms with E-state index in [4.69, 9.17) is 4.74 Å². The highest BCUT2D eigenvalue weighted by molar-refractivity contribution is 5.95. The Hall–Kier alpha value is -2.50. The first-order chi connectivity index (χ1) is 10.8. The molecule has 1 N–H and O–H groups in total. The van der Waals surface area contributed by atoms with E-state index >= 15 is 0 Å². The Kier molecular flexibility index (Phi) is 4.93. The van der Waals surface area contributed by atoms with Gasteiger partial charge in [0.2, 0.25) is 0 Å². The average molecular weight is 320 g/mol. The minimum atomic E-state index is -0.960. The van der Waals surface area contributed by atoms with Gasteiger partial charge < -0.3 is 10.1 Å². The van der Waals surface area contributed by atoms with Gasteiger partial charge >= 0.3 is 0 Å². The number of pyridine rings is 1. The Morgan fingerprint density at radius 2 is 1.96 bits per heavy atom. The molecule has 1 aromatic carbocycles. The lowest BCUT2D eigenvalue weighted by Crippen LogP contribution is -2.37. The molecule has 0 aliphatic carbocycles. The molecule has 0 radical (unpaired) electrons. The number of hydrogen-bond donors (Lipinski definition) is 1. The maximum atomic E-state index is 13.9. The van der Waals surface area contributed by atoms with Crippen molar-refractivity contribution in [3.05, 3.63) is 59.4 Å². The van der Waals surface area contributed by atoms with Crippen LogP contribution >= 0.6 is 0 Å². The van der Waals surface area contributed by atoms with Crippen molar-refractivity contribution in [2.45, 2.75) is 19.3 Å². The number of carbonyl (C=O) groups excluding carboxylic acids is 1. The molecular weight excluding hydrogens is 302 g/mol. The fourth-order valence-corrected chi connectivity index (χ4v) is 2.14. The van der Waals surface area contributed by atoms with Gasteiger partial charge in [0.15, 0.2) is 0 Å². The molecule has 2 rings (SSSR count). The van der Waals surface area contributed by atoms with Crippen molar-refractivity contribution in [1.82, 2.24) is 10.3 Å². The second-order valence-electron chi connectivity index (χ2n) is 5.77. The van der Waals surface area contributed by atoms with Gasteiger partial charge in [0.25, 0.3) is 5.91 Å². The minimum absolute atomic E-state index is 0.0206. The Balaban J connectivity index is 2.14. The van der Waals surface area contributed by atoms with E-state index in [0.717, 1.165) is 17.7 Å². The molecule has 0 atom stereocenters. The predicted octanol–water partition coefficient (Wildman–Crippen LogP) is 3.08. The largest absolute Gasteiger partial charge is 0.497 e. The van der Waals surface area contributed by atoms with E-state index < -0.39 is 28.5 Å². The second-order valence-corrected chi connectivity index (χ2v) is 5.77. The predicted molar refractivity (Wildman–Crippen MR) is 82.5 cm³/mol. The van der Waals surface area contributed by atoms with E-state index in [1.807, 2.05) is 19.9 Å². The van der Waals surface area contributed by atoms with E-state index in [9.17, 15) is 13.6 Å². The molecule has 1 heterocycles. The highest BCUT2D eigenvalue weighted by atomic mass is 19.1. The summed E-state index contributed by atoms with van der Waals surface area (Å²) < 4.78 is 32.6. The zero-order valence-electron chi connectivity index (χ0n) is 13.2. The summed E-state index contributed by atoms with van der Waals surface area (Å²) in [4.78, 5) is 16.2. The Morgan fingerprint density at radius 3 is 2.48 bits per heavy atom. The Morgan fingerprint density at radius 1 is 1.30 bits per heavy atom. The number of rotatable bonds is 5. The van der Waals surface area contributed by atoms with Gasteiger partial charge in [0, 0.05) is 36.5 Å². The first-order valence-electron chi connectivity index (χ1n) is 7.07.